The number of sulfonamides is 1. The average molecular weight is 450 g/mol. The van der Waals surface area contributed by atoms with Gasteiger partial charge >= 0.3 is 0 Å². The van der Waals surface area contributed by atoms with Gasteiger partial charge in [-0.15, -0.1) is 0 Å². The zero-order valence-corrected chi connectivity index (χ0v) is 18.2. The first kappa shape index (κ1) is 20.7. The quantitative estimate of drug-likeness (QED) is 0.385. The Hall–Kier alpha value is -3.56. The number of anilines is 3. The molecule has 0 bridgehead atoms. The molecule has 0 aliphatic carbocycles. The van der Waals surface area contributed by atoms with Gasteiger partial charge in [-0.3, -0.25) is 9.71 Å². The molecule has 9 heteroatoms. The number of nitrogens with zero attached hydrogens (tertiary/aromatic N) is 2. The summed E-state index contributed by atoms with van der Waals surface area (Å²) in [7, 11) is -3.81. The van der Waals surface area contributed by atoms with Crippen molar-refractivity contribution in [3.63, 3.8) is 0 Å². The standard InChI is InChI=1S/C22H19N5O2S2/c1-15-5-4-6-17(13-15)25-22(30)24-16-9-11-18(12-10-16)31(28,29)27-21-14-23-19-7-2-3-8-20(19)26-21/h2-14H,1H3,(H,26,27)(H2,24,25,30). The molecule has 0 saturated heterocycles. The summed E-state index contributed by atoms with van der Waals surface area (Å²) >= 11 is 5.32. The number of benzene rings is 3. The zero-order valence-electron chi connectivity index (χ0n) is 16.5. The Balaban J connectivity index is 1.44. The van der Waals surface area contributed by atoms with E-state index >= 15 is 0 Å². The molecule has 7 nitrogen and oxygen atoms in total. The lowest BCUT2D eigenvalue weighted by molar-refractivity contribution is 0.601. The van der Waals surface area contributed by atoms with Crippen LogP contribution in [0, 0.1) is 6.92 Å². The van der Waals surface area contributed by atoms with Crippen LogP contribution in [0.3, 0.4) is 0 Å². The van der Waals surface area contributed by atoms with Gasteiger partial charge in [0.05, 0.1) is 22.1 Å². The topological polar surface area (TPSA) is 96.0 Å². The highest BCUT2D eigenvalue weighted by Crippen LogP contribution is 2.19. The lowest BCUT2D eigenvalue weighted by Gasteiger charge is -2.12. The van der Waals surface area contributed by atoms with Crippen molar-refractivity contribution in [2.45, 2.75) is 11.8 Å². The van der Waals surface area contributed by atoms with Gasteiger partial charge in [0.2, 0.25) is 0 Å². The van der Waals surface area contributed by atoms with Crippen LogP contribution in [0.1, 0.15) is 5.56 Å². The van der Waals surface area contributed by atoms with Gasteiger partial charge in [-0.1, -0.05) is 24.3 Å². The predicted molar refractivity (Wildman–Crippen MR) is 128 cm³/mol. The maximum Gasteiger partial charge on any atom is 0.263 e. The highest BCUT2D eigenvalue weighted by Gasteiger charge is 2.15. The van der Waals surface area contributed by atoms with Gasteiger partial charge in [0.15, 0.2) is 10.9 Å². The van der Waals surface area contributed by atoms with Crippen molar-refractivity contribution >= 4 is 55.6 Å². The smallest absolute Gasteiger partial charge is 0.263 e. The van der Waals surface area contributed by atoms with Crippen molar-refractivity contribution in [1.82, 2.24) is 9.97 Å². The number of rotatable bonds is 5. The summed E-state index contributed by atoms with van der Waals surface area (Å²) in [5.41, 5.74) is 3.95. The molecule has 0 saturated carbocycles. The minimum absolute atomic E-state index is 0.102. The Morgan fingerprint density at radius 2 is 1.58 bits per heavy atom. The molecule has 31 heavy (non-hydrogen) atoms. The van der Waals surface area contributed by atoms with E-state index in [0.717, 1.165) is 11.3 Å². The SMILES string of the molecule is Cc1cccc(NC(=S)Nc2ccc(S(=O)(=O)Nc3cnc4ccccc4n3)cc2)c1. The van der Waals surface area contributed by atoms with Crippen LogP contribution in [0.25, 0.3) is 11.0 Å². The van der Waals surface area contributed by atoms with Gasteiger partial charge in [-0.05, 0) is 73.2 Å². The Morgan fingerprint density at radius 1 is 0.871 bits per heavy atom. The summed E-state index contributed by atoms with van der Waals surface area (Å²) < 4.78 is 27.9. The van der Waals surface area contributed by atoms with Gasteiger partial charge in [-0.2, -0.15) is 0 Å². The van der Waals surface area contributed by atoms with E-state index in [0.29, 0.717) is 21.8 Å². The number of nitrogens with one attached hydrogen (secondary N) is 3. The molecule has 3 N–H and O–H groups in total. The number of para-hydroxylation sites is 2. The highest BCUT2D eigenvalue weighted by molar-refractivity contribution is 7.92. The molecule has 0 aliphatic rings. The third-order valence-electron chi connectivity index (χ3n) is 4.39. The second-order valence-electron chi connectivity index (χ2n) is 6.82. The molecule has 0 atom stereocenters. The van der Waals surface area contributed by atoms with Crippen LogP contribution in [0.5, 0.6) is 0 Å². The maximum absolute atomic E-state index is 12.7. The van der Waals surface area contributed by atoms with E-state index in [1.165, 1.54) is 18.3 Å². The summed E-state index contributed by atoms with van der Waals surface area (Å²) in [6, 6.07) is 21.4. The van der Waals surface area contributed by atoms with Gasteiger partial charge in [0.25, 0.3) is 10.0 Å². The Bertz CT molecular complexity index is 1360. The van der Waals surface area contributed by atoms with Crippen LogP contribution >= 0.6 is 12.2 Å². The van der Waals surface area contributed by atoms with Gasteiger partial charge in [0.1, 0.15) is 0 Å². The van der Waals surface area contributed by atoms with Crippen LogP contribution < -0.4 is 15.4 Å². The minimum atomic E-state index is -3.81. The van der Waals surface area contributed by atoms with Gasteiger partial charge < -0.3 is 10.6 Å². The minimum Gasteiger partial charge on any atom is -0.332 e. The molecule has 0 spiro atoms. The summed E-state index contributed by atoms with van der Waals surface area (Å²) in [4.78, 5) is 8.63. The largest absolute Gasteiger partial charge is 0.332 e. The Labute approximate surface area is 185 Å². The van der Waals surface area contributed by atoms with Crippen LogP contribution in [0.15, 0.2) is 83.9 Å². The molecule has 0 amide bonds. The van der Waals surface area contributed by atoms with Crippen LogP contribution in [-0.2, 0) is 10.0 Å². The van der Waals surface area contributed by atoms with E-state index in [-0.39, 0.29) is 10.7 Å². The first-order chi connectivity index (χ1) is 14.9. The summed E-state index contributed by atoms with van der Waals surface area (Å²) in [5, 5.41) is 6.55. The lowest BCUT2D eigenvalue weighted by Crippen LogP contribution is -2.19. The van der Waals surface area contributed by atoms with Crippen LogP contribution in [0.2, 0.25) is 0 Å². The van der Waals surface area contributed by atoms with Gasteiger partial charge in [0, 0.05) is 11.4 Å². The molecule has 0 fully saturated rings. The first-order valence-corrected chi connectivity index (χ1v) is 11.3. The predicted octanol–water partition coefficient (Wildman–Crippen LogP) is 4.55. The van der Waals surface area contributed by atoms with E-state index in [4.69, 9.17) is 12.2 Å². The van der Waals surface area contributed by atoms with Gasteiger partial charge in [-0.25, -0.2) is 13.4 Å². The van der Waals surface area contributed by atoms with E-state index in [2.05, 4.69) is 25.3 Å². The third kappa shape index (κ3) is 5.14. The molecule has 4 rings (SSSR count). The molecule has 3 aromatic carbocycles. The van der Waals surface area contributed by atoms with Crippen molar-refractivity contribution in [1.29, 1.82) is 0 Å². The van der Waals surface area contributed by atoms with E-state index in [1.54, 1.807) is 18.2 Å². The lowest BCUT2D eigenvalue weighted by atomic mass is 10.2. The van der Waals surface area contributed by atoms with E-state index in [1.807, 2.05) is 49.4 Å². The Morgan fingerprint density at radius 3 is 2.32 bits per heavy atom. The first-order valence-electron chi connectivity index (χ1n) is 9.38. The molecule has 0 unspecified atom stereocenters. The monoisotopic (exact) mass is 449 g/mol. The fourth-order valence-corrected chi connectivity index (χ4v) is 4.16. The molecule has 4 aromatic rings. The van der Waals surface area contributed by atoms with Crippen molar-refractivity contribution < 1.29 is 8.42 Å². The fourth-order valence-electron chi connectivity index (χ4n) is 2.94. The summed E-state index contributed by atoms with van der Waals surface area (Å²) in [5.74, 6) is 0.157. The van der Waals surface area contributed by atoms with E-state index in [9.17, 15) is 8.42 Å². The van der Waals surface area contributed by atoms with Crippen molar-refractivity contribution in [3.05, 3.63) is 84.6 Å². The maximum atomic E-state index is 12.7. The zero-order chi connectivity index (χ0) is 21.8. The third-order valence-corrected chi connectivity index (χ3v) is 5.96. The average Bonchev–Trinajstić information content (AvgIpc) is 2.74. The molecular weight excluding hydrogens is 430 g/mol. The molecule has 156 valence electrons. The number of aromatic nitrogens is 2. The van der Waals surface area contributed by atoms with Crippen LogP contribution in [0.4, 0.5) is 17.2 Å². The molecule has 0 aliphatic heterocycles. The van der Waals surface area contributed by atoms with E-state index < -0.39 is 10.0 Å². The van der Waals surface area contributed by atoms with Crippen LogP contribution in [-0.4, -0.2) is 23.5 Å². The normalized spacial score (nSPS) is 11.1. The number of hydrogen-bond donors (Lipinski definition) is 3. The number of hydrogen-bond acceptors (Lipinski definition) is 5. The number of thiocarbonyl (C=S) groups is 1. The molecule has 1 aromatic heterocycles. The fraction of sp³-hybridized carbons (Fsp3) is 0.0455. The second kappa shape index (κ2) is 8.66. The molecule has 1 heterocycles. The summed E-state index contributed by atoms with van der Waals surface area (Å²) in [6.07, 6.45) is 1.39. The summed E-state index contributed by atoms with van der Waals surface area (Å²) in [6.45, 7) is 2.00. The highest BCUT2D eigenvalue weighted by atomic mass is 32.2. The second-order valence-corrected chi connectivity index (χ2v) is 8.91. The Kier molecular flexibility index (Phi) is 5.79. The van der Waals surface area contributed by atoms with Crippen molar-refractivity contribution in [2.75, 3.05) is 15.4 Å². The number of fused-ring (bicyclic) bond motifs is 1. The van der Waals surface area contributed by atoms with Crippen molar-refractivity contribution in [3.8, 4) is 0 Å². The molecular formula is C22H19N5O2S2. The molecule has 0 radical (unpaired) electrons. The van der Waals surface area contributed by atoms with Crippen molar-refractivity contribution in [2.24, 2.45) is 0 Å². The number of aryl methyl sites for hydroxylation is 1.